The lowest BCUT2D eigenvalue weighted by molar-refractivity contribution is 0.246. The number of nitrogens with zero attached hydrogens (tertiary/aromatic N) is 2. The molecule has 1 aromatic heterocycles. The van der Waals surface area contributed by atoms with Gasteiger partial charge in [-0.3, -0.25) is 5.10 Å². The van der Waals surface area contributed by atoms with Gasteiger partial charge in [-0.1, -0.05) is 12.1 Å². The highest BCUT2D eigenvalue weighted by Gasteiger charge is 2.27. The fourth-order valence-electron chi connectivity index (χ4n) is 3.25. The molecule has 25 heavy (non-hydrogen) atoms. The molecule has 2 fully saturated rings. The van der Waals surface area contributed by atoms with Crippen molar-refractivity contribution in [3.8, 4) is 0 Å². The zero-order valence-electron chi connectivity index (χ0n) is 14.0. The van der Waals surface area contributed by atoms with Crippen molar-refractivity contribution in [1.82, 2.24) is 15.5 Å². The molecule has 0 bridgehead atoms. The maximum Gasteiger partial charge on any atom is 0.319 e. The van der Waals surface area contributed by atoms with Gasteiger partial charge in [0.15, 0.2) is 5.82 Å². The normalized spacial score (nSPS) is 18.2. The third-order valence-corrected chi connectivity index (χ3v) is 4.88. The summed E-state index contributed by atoms with van der Waals surface area (Å²) in [5.74, 6) is 1.23. The van der Waals surface area contributed by atoms with Crippen LogP contribution in [0, 0.1) is 5.82 Å². The van der Waals surface area contributed by atoms with Crippen LogP contribution in [0.15, 0.2) is 30.3 Å². The molecule has 2 aromatic rings. The number of hydrogen-bond donors (Lipinski definition) is 3. The molecule has 1 aliphatic carbocycles. The molecule has 0 unspecified atom stereocenters. The topological polar surface area (TPSA) is 73.1 Å². The van der Waals surface area contributed by atoms with Gasteiger partial charge >= 0.3 is 6.03 Å². The number of anilines is 2. The van der Waals surface area contributed by atoms with E-state index in [9.17, 15) is 9.18 Å². The van der Waals surface area contributed by atoms with Gasteiger partial charge in [-0.15, -0.1) is 0 Å². The van der Waals surface area contributed by atoms with Crippen molar-refractivity contribution in [2.45, 2.75) is 37.6 Å². The van der Waals surface area contributed by atoms with Crippen molar-refractivity contribution in [2.75, 3.05) is 23.3 Å². The first-order valence-electron chi connectivity index (χ1n) is 8.81. The highest BCUT2D eigenvalue weighted by molar-refractivity contribution is 5.89. The molecule has 1 aliphatic heterocycles. The van der Waals surface area contributed by atoms with Crippen molar-refractivity contribution in [2.24, 2.45) is 0 Å². The number of rotatable bonds is 4. The van der Waals surface area contributed by atoms with E-state index in [2.05, 4.69) is 31.8 Å². The monoisotopic (exact) mass is 343 g/mol. The number of benzene rings is 1. The van der Waals surface area contributed by atoms with Crippen LogP contribution in [0.25, 0.3) is 0 Å². The Bertz CT molecular complexity index is 749. The summed E-state index contributed by atoms with van der Waals surface area (Å²) in [6.07, 6.45) is 4.20. The van der Waals surface area contributed by atoms with Crippen molar-refractivity contribution < 1.29 is 9.18 Å². The van der Waals surface area contributed by atoms with Crippen LogP contribution in [0.3, 0.4) is 0 Å². The predicted molar refractivity (Wildman–Crippen MR) is 94.4 cm³/mol. The van der Waals surface area contributed by atoms with Crippen LogP contribution in [0.4, 0.5) is 20.7 Å². The molecule has 3 N–H and O–H groups in total. The van der Waals surface area contributed by atoms with E-state index in [-0.39, 0.29) is 17.8 Å². The number of hydrogen-bond acceptors (Lipinski definition) is 3. The SMILES string of the molecule is O=C(Nc1ccccc1F)NC1CCN(c2cc(C3CC3)[nH]n2)CC1. The Hall–Kier alpha value is -2.57. The van der Waals surface area contributed by atoms with Gasteiger partial charge in [0.05, 0.1) is 5.69 Å². The van der Waals surface area contributed by atoms with E-state index >= 15 is 0 Å². The Morgan fingerprint density at radius 1 is 1.20 bits per heavy atom. The molecule has 2 aliphatic rings. The first-order chi connectivity index (χ1) is 12.2. The summed E-state index contributed by atoms with van der Waals surface area (Å²) in [5.41, 5.74) is 1.43. The van der Waals surface area contributed by atoms with E-state index in [1.54, 1.807) is 18.2 Å². The maximum absolute atomic E-state index is 13.6. The lowest BCUT2D eigenvalue weighted by Gasteiger charge is -2.32. The molecule has 0 atom stereocenters. The molecule has 7 heteroatoms. The van der Waals surface area contributed by atoms with Crippen LogP contribution < -0.4 is 15.5 Å². The van der Waals surface area contributed by atoms with E-state index in [1.165, 1.54) is 24.6 Å². The second-order valence-corrected chi connectivity index (χ2v) is 6.80. The molecule has 1 aromatic carbocycles. The van der Waals surface area contributed by atoms with Crippen molar-refractivity contribution in [3.63, 3.8) is 0 Å². The number of para-hydroxylation sites is 1. The first-order valence-corrected chi connectivity index (χ1v) is 8.81. The lowest BCUT2D eigenvalue weighted by atomic mass is 10.1. The van der Waals surface area contributed by atoms with Crippen LogP contribution >= 0.6 is 0 Å². The Morgan fingerprint density at radius 2 is 1.96 bits per heavy atom. The fourth-order valence-corrected chi connectivity index (χ4v) is 3.25. The highest BCUT2D eigenvalue weighted by Crippen LogP contribution is 2.40. The van der Waals surface area contributed by atoms with Crippen molar-refractivity contribution in [3.05, 3.63) is 41.8 Å². The van der Waals surface area contributed by atoms with Crippen LogP contribution in [-0.4, -0.2) is 35.4 Å². The summed E-state index contributed by atoms with van der Waals surface area (Å²) in [4.78, 5) is 14.3. The lowest BCUT2D eigenvalue weighted by Crippen LogP contribution is -2.46. The first kappa shape index (κ1) is 15.9. The summed E-state index contributed by atoms with van der Waals surface area (Å²) in [7, 11) is 0. The number of aromatic nitrogens is 2. The molecule has 0 spiro atoms. The van der Waals surface area contributed by atoms with Gasteiger partial charge in [-0.05, 0) is 37.8 Å². The van der Waals surface area contributed by atoms with Crippen LogP contribution in [0.2, 0.25) is 0 Å². The molecule has 6 nitrogen and oxygen atoms in total. The second-order valence-electron chi connectivity index (χ2n) is 6.80. The summed E-state index contributed by atoms with van der Waals surface area (Å²) in [5, 5.41) is 13.0. The van der Waals surface area contributed by atoms with Crippen LogP contribution in [0.1, 0.15) is 37.3 Å². The Morgan fingerprint density at radius 3 is 2.68 bits per heavy atom. The predicted octanol–water partition coefficient (Wildman–Crippen LogP) is 3.22. The zero-order chi connectivity index (χ0) is 17.2. The van der Waals surface area contributed by atoms with E-state index in [0.717, 1.165) is 31.7 Å². The van der Waals surface area contributed by atoms with E-state index in [1.807, 2.05) is 0 Å². The van der Waals surface area contributed by atoms with E-state index in [0.29, 0.717) is 5.92 Å². The summed E-state index contributed by atoms with van der Waals surface area (Å²) in [6.45, 7) is 1.69. The van der Waals surface area contributed by atoms with Crippen molar-refractivity contribution in [1.29, 1.82) is 0 Å². The fraction of sp³-hybridized carbons (Fsp3) is 0.444. The van der Waals surface area contributed by atoms with Crippen LogP contribution in [-0.2, 0) is 0 Å². The molecule has 4 rings (SSSR count). The van der Waals surface area contributed by atoms with Gasteiger partial charge in [-0.25, -0.2) is 9.18 Å². The zero-order valence-corrected chi connectivity index (χ0v) is 14.0. The van der Waals surface area contributed by atoms with Gasteiger partial charge in [0, 0.05) is 36.8 Å². The minimum Gasteiger partial charge on any atom is -0.355 e. The largest absolute Gasteiger partial charge is 0.355 e. The van der Waals surface area contributed by atoms with E-state index < -0.39 is 5.82 Å². The molecule has 2 heterocycles. The summed E-state index contributed by atoms with van der Waals surface area (Å²) in [6, 6.07) is 8.04. The Balaban J connectivity index is 1.26. The molecule has 1 saturated carbocycles. The minimum absolute atomic E-state index is 0.0878. The Labute approximate surface area is 145 Å². The smallest absolute Gasteiger partial charge is 0.319 e. The quantitative estimate of drug-likeness (QED) is 0.798. The number of aromatic amines is 1. The average molecular weight is 343 g/mol. The number of carbonyl (C=O) groups excluding carboxylic acids is 1. The van der Waals surface area contributed by atoms with Crippen LogP contribution in [0.5, 0.6) is 0 Å². The number of nitrogens with one attached hydrogen (secondary N) is 3. The van der Waals surface area contributed by atoms with Gasteiger partial charge < -0.3 is 15.5 Å². The average Bonchev–Trinajstić information content (AvgIpc) is 3.35. The highest BCUT2D eigenvalue weighted by atomic mass is 19.1. The van der Waals surface area contributed by atoms with Gasteiger partial charge in [0.25, 0.3) is 0 Å². The molecule has 132 valence electrons. The number of H-pyrrole nitrogens is 1. The van der Waals surface area contributed by atoms with Gasteiger partial charge in [0.2, 0.25) is 0 Å². The summed E-state index contributed by atoms with van der Waals surface area (Å²) < 4.78 is 13.6. The number of piperidine rings is 1. The van der Waals surface area contributed by atoms with Crippen molar-refractivity contribution >= 4 is 17.5 Å². The maximum atomic E-state index is 13.6. The third kappa shape index (κ3) is 3.75. The molecule has 2 amide bonds. The molecular weight excluding hydrogens is 321 g/mol. The van der Waals surface area contributed by atoms with Gasteiger partial charge in [0.1, 0.15) is 5.82 Å². The third-order valence-electron chi connectivity index (χ3n) is 4.88. The Kier molecular flexibility index (Phi) is 4.29. The molecular formula is C18H22FN5O. The van der Waals surface area contributed by atoms with Gasteiger partial charge in [-0.2, -0.15) is 5.10 Å². The van der Waals surface area contributed by atoms with E-state index in [4.69, 9.17) is 0 Å². The second kappa shape index (κ2) is 6.74. The standard InChI is InChI=1S/C18H22FN5O/c19-14-3-1-2-4-15(14)21-18(25)20-13-7-9-24(10-8-13)17-11-16(22-23-17)12-5-6-12/h1-4,11-13H,5-10H2,(H,22,23)(H2,20,21,25). The number of halogens is 1. The summed E-state index contributed by atoms with van der Waals surface area (Å²) >= 11 is 0. The number of urea groups is 1. The molecule has 0 radical (unpaired) electrons. The molecule has 1 saturated heterocycles. The number of carbonyl (C=O) groups is 1. The number of amides is 2. The minimum atomic E-state index is -0.433.